The normalized spacial score (nSPS) is 26.6. The van der Waals surface area contributed by atoms with Crippen molar-refractivity contribution in [3.63, 3.8) is 0 Å². The molecule has 2 aliphatic rings. The maximum atomic E-state index is 12.2. The first-order valence-corrected chi connectivity index (χ1v) is 9.09. The number of benzene rings is 1. The predicted molar refractivity (Wildman–Crippen MR) is 80.8 cm³/mol. The number of hydrogen-bond acceptors (Lipinski definition) is 4. The van der Waals surface area contributed by atoms with E-state index in [9.17, 15) is 8.42 Å². The fraction of sp³-hybridized carbons (Fsp3) is 0.600. The quantitative estimate of drug-likeness (QED) is 0.924. The third kappa shape index (κ3) is 2.44. The molecule has 0 saturated carbocycles. The summed E-state index contributed by atoms with van der Waals surface area (Å²) >= 11 is 0. The van der Waals surface area contributed by atoms with Crippen LogP contribution < -0.4 is 5.32 Å². The van der Waals surface area contributed by atoms with Gasteiger partial charge in [0.05, 0.1) is 16.3 Å². The van der Waals surface area contributed by atoms with Crippen LogP contribution in [0.4, 0.5) is 5.69 Å². The smallest absolute Gasteiger partial charge is 0.180 e. The maximum absolute atomic E-state index is 12.2. The number of sulfone groups is 1. The molecule has 0 aromatic heterocycles. The van der Waals surface area contributed by atoms with Crippen LogP contribution in [0.5, 0.6) is 0 Å². The van der Waals surface area contributed by atoms with Crippen molar-refractivity contribution in [1.29, 1.82) is 0 Å². The summed E-state index contributed by atoms with van der Waals surface area (Å²) in [5.41, 5.74) is 0.771. The zero-order valence-electron chi connectivity index (χ0n) is 11.9. The fourth-order valence-corrected chi connectivity index (χ4v) is 4.52. The molecule has 2 aliphatic heterocycles. The van der Waals surface area contributed by atoms with Crippen LogP contribution >= 0.6 is 0 Å². The Kier molecular flexibility index (Phi) is 3.73. The molecule has 5 heteroatoms. The summed E-state index contributed by atoms with van der Waals surface area (Å²) in [5.74, 6) is 0.145. The molecule has 0 bridgehead atoms. The lowest BCUT2D eigenvalue weighted by Crippen LogP contribution is -2.34. The summed E-state index contributed by atoms with van der Waals surface area (Å²) in [6.07, 6.45) is 3.59. The predicted octanol–water partition coefficient (Wildman–Crippen LogP) is 2.13. The van der Waals surface area contributed by atoms with Crippen molar-refractivity contribution in [3.8, 4) is 0 Å². The topological polar surface area (TPSA) is 49.4 Å². The number of anilines is 1. The molecule has 0 radical (unpaired) electrons. The van der Waals surface area contributed by atoms with Gasteiger partial charge in [-0.15, -0.1) is 0 Å². The standard InChI is InChI=1S/C15H22N2O2S/c1-2-20(18,19)15-8-4-3-6-13(15)16-12-9-11-17-10-5-7-14(12)17/h3-4,6,8,12,14,16H,2,5,7,9-11H2,1H3. The average molecular weight is 294 g/mol. The van der Waals surface area contributed by atoms with E-state index in [4.69, 9.17) is 0 Å². The van der Waals surface area contributed by atoms with Crippen LogP contribution in [0, 0.1) is 0 Å². The molecule has 1 aromatic carbocycles. The van der Waals surface area contributed by atoms with Crippen LogP contribution in [0.1, 0.15) is 26.2 Å². The molecule has 2 heterocycles. The Bertz CT molecular complexity index is 585. The summed E-state index contributed by atoms with van der Waals surface area (Å²) in [5, 5.41) is 3.50. The van der Waals surface area contributed by atoms with E-state index in [-0.39, 0.29) is 5.75 Å². The first-order chi connectivity index (χ1) is 9.62. The highest BCUT2D eigenvalue weighted by molar-refractivity contribution is 7.91. The Labute approximate surface area is 121 Å². The highest BCUT2D eigenvalue weighted by Crippen LogP contribution is 2.32. The van der Waals surface area contributed by atoms with Crippen LogP contribution in [0.25, 0.3) is 0 Å². The number of para-hydroxylation sites is 1. The van der Waals surface area contributed by atoms with E-state index in [2.05, 4.69) is 10.2 Å². The molecular weight excluding hydrogens is 272 g/mol. The van der Waals surface area contributed by atoms with E-state index < -0.39 is 9.84 Å². The molecule has 20 heavy (non-hydrogen) atoms. The van der Waals surface area contributed by atoms with Gasteiger partial charge < -0.3 is 5.32 Å². The van der Waals surface area contributed by atoms with Gasteiger partial charge in [0.15, 0.2) is 9.84 Å². The first kappa shape index (κ1) is 13.9. The second kappa shape index (κ2) is 5.37. The molecule has 0 amide bonds. The SMILES string of the molecule is CCS(=O)(=O)c1ccccc1NC1CCN2CCCC12. The zero-order chi connectivity index (χ0) is 14.2. The Balaban J connectivity index is 1.85. The number of rotatable bonds is 4. The summed E-state index contributed by atoms with van der Waals surface area (Å²) in [7, 11) is -3.17. The molecule has 2 fully saturated rings. The summed E-state index contributed by atoms with van der Waals surface area (Å²) in [6, 6.07) is 8.25. The van der Waals surface area contributed by atoms with Crippen LogP contribution in [-0.4, -0.2) is 44.2 Å². The van der Waals surface area contributed by atoms with Crippen molar-refractivity contribution in [2.24, 2.45) is 0 Å². The molecule has 1 aromatic rings. The Morgan fingerprint density at radius 1 is 1.25 bits per heavy atom. The Morgan fingerprint density at radius 3 is 2.85 bits per heavy atom. The zero-order valence-corrected chi connectivity index (χ0v) is 12.7. The van der Waals surface area contributed by atoms with Crippen LogP contribution in [0.3, 0.4) is 0 Å². The number of hydrogen-bond donors (Lipinski definition) is 1. The molecule has 0 spiro atoms. The second-order valence-corrected chi connectivity index (χ2v) is 7.93. The van der Waals surface area contributed by atoms with E-state index in [0.717, 1.165) is 18.7 Å². The molecule has 0 aliphatic carbocycles. The van der Waals surface area contributed by atoms with Gasteiger partial charge in [0.2, 0.25) is 0 Å². The molecule has 110 valence electrons. The molecule has 2 saturated heterocycles. The summed E-state index contributed by atoms with van der Waals surface area (Å²) in [4.78, 5) is 2.97. The van der Waals surface area contributed by atoms with Gasteiger partial charge in [0.1, 0.15) is 0 Å². The van der Waals surface area contributed by atoms with Gasteiger partial charge in [-0.25, -0.2) is 8.42 Å². The molecule has 2 unspecified atom stereocenters. The number of nitrogens with zero attached hydrogens (tertiary/aromatic N) is 1. The fourth-order valence-electron chi connectivity index (χ4n) is 3.46. The summed E-state index contributed by atoms with van der Waals surface area (Å²) in [6.45, 7) is 4.02. The molecule has 1 N–H and O–H groups in total. The Hall–Kier alpha value is -1.07. The summed E-state index contributed by atoms with van der Waals surface area (Å²) < 4.78 is 24.3. The van der Waals surface area contributed by atoms with E-state index >= 15 is 0 Å². The first-order valence-electron chi connectivity index (χ1n) is 7.44. The third-order valence-corrected chi connectivity index (χ3v) is 6.34. The minimum Gasteiger partial charge on any atom is -0.380 e. The van der Waals surface area contributed by atoms with Crippen molar-refractivity contribution >= 4 is 15.5 Å². The van der Waals surface area contributed by atoms with E-state index in [1.54, 1.807) is 19.1 Å². The lowest BCUT2D eigenvalue weighted by atomic mass is 10.1. The van der Waals surface area contributed by atoms with Crippen molar-refractivity contribution in [2.45, 2.75) is 43.2 Å². The second-order valence-electron chi connectivity index (χ2n) is 5.68. The van der Waals surface area contributed by atoms with E-state index in [0.29, 0.717) is 17.0 Å². The van der Waals surface area contributed by atoms with E-state index in [1.165, 1.54) is 19.4 Å². The van der Waals surface area contributed by atoms with Crippen LogP contribution in [0.15, 0.2) is 29.2 Å². The lowest BCUT2D eigenvalue weighted by molar-refractivity contribution is 0.318. The Morgan fingerprint density at radius 2 is 2.05 bits per heavy atom. The van der Waals surface area contributed by atoms with Crippen molar-refractivity contribution < 1.29 is 8.42 Å². The van der Waals surface area contributed by atoms with Gasteiger partial charge in [0, 0.05) is 18.6 Å². The van der Waals surface area contributed by atoms with Gasteiger partial charge in [0.25, 0.3) is 0 Å². The highest BCUT2D eigenvalue weighted by Gasteiger charge is 2.37. The lowest BCUT2D eigenvalue weighted by Gasteiger charge is -2.23. The largest absolute Gasteiger partial charge is 0.380 e. The van der Waals surface area contributed by atoms with Gasteiger partial charge >= 0.3 is 0 Å². The highest BCUT2D eigenvalue weighted by atomic mass is 32.2. The average Bonchev–Trinajstić information content (AvgIpc) is 3.04. The van der Waals surface area contributed by atoms with Gasteiger partial charge in [-0.1, -0.05) is 19.1 Å². The molecule has 3 rings (SSSR count). The van der Waals surface area contributed by atoms with E-state index in [1.807, 2.05) is 12.1 Å². The van der Waals surface area contributed by atoms with Gasteiger partial charge in [-0.3, -0.25) is 4.90 Å². The maximum Gasteiger partial charge on any atom is 0.180 e. The molecular formula is C15H22N2O2S. The van der Waals surface area contributed by atoms with Gasteiger partial charge in [-0.2, -0.15) is 0 Å². The van der Waals surface area contributed by atoms with Crippen LogP contribution in [0.2, 0.25) is 0 Å². The van der Waals surface area contributed by atoms with Crippen molar-refractivity contribution in [1.82, 2.24) is 4.90 Å². The molecule has 2 atom stereocenters. The number of fused-ring (bicyclic) bond motifs is 1. The van der Waals surface area contributed by atoms with Crippen molar-refractivity contribution in [3.05, 3.63) is 24.3 Å². The van der Waals surface area contributed by atoms with Crippen molar-refractivity contribution in [2.75, 3.05) is 24.2 Å². The minimum absolute atomic E-state index is 0.145. The van der Waals surface area contributed by atoms with Crippen LogP contribution in [-0.2, 0) is 9.84 Å². The monoisotopic (exact) mass is 294 g/mol. The van der Waals surface area contributed by atoms with Gasteiger partial charge in [-0.05, 0) is 37.9 Å². The minimum atomic E-state index is -3.17. The molecule has 4 nitrogen and oxygen atoms in total. The number of nitrogens with one attached hydrogen (secondary N) is 1. The third-order valence-electron chi connectivity index (χ3n) is 4.55.